The monoisotopic (exact) mass is 408 g/mol. The number of piperidine rings is 1. The fourth-order valence-corrected chi connectivity index (χ4v) is 4.98. The van der Waals surface area contributed by atoms with Gasteiger partial charge in [0.1, 0.15) is 5.82 Å². The van der Waals surface area contributed by atoms with Crippen molar-refractivity contribution >= 4 is 33.4 Å². The molecule has 1 saturated heterocycles. The number of carbonyl (C=O) groups is 1. The molecule has 1 aliphatic rings. The summed E-state index contributed by atoms with van der Waals surface area (Å²) in [5.41, 5.74) is 0.691. The number of nitrogens with zero attached hydrogens (tertiary/aromatic N) is 1. The normalized spacial score (nSPS) is 18.2. The van der Waals surface area contributed by atoms with E-state index in [1.54, 1.807) is 11.8 Å². The van der Waals surface area contributed by atoms with Crippen LogP contribution in [0.1, 0.15) is 12.8 Å². The summed E-state index contributed by atoms with van der Waals surface area (Å²) in [6.45, 7) is 0.473. The van der Waals surface area contributed by atoms with Crippen LogP contribution in [-0.2, 0) is 14.8 Å². The van der Waals surface area contributed by atoms with Gasteiger partial charge in [-0.25, -0.2) is 12.8 Å². The number of halogens is 1. The zero-order valence-electron chi connectivity index (χ0n) is 14.9. The second-order valence-corrected chi connectivity index (χ2v) is 9.19. The average Bonchev–Trinajstić information content (AvgIpc) is 2.69. The van der Waals surface area contributed by atoms with E-state index in [0.29, 0.717) is 25.1 Å². The van der Waals surface area contributed by atoms with Gasteiger partial charge in [0.05, 0.1) is 10.8 Å². The van der Waals surface area contributed by atoms with Crippen molar-refractivity contribution in [2.45, 2.75) is 22.6 Å². The van der Waals surface area contributed by atoms with Crippen LogP contribution in [0.5, 0.6) is 0 Å². The molecular formula is C19H21FN2O3S2. The molecule has 0 unspecified atom stereocenters. The Morgan fingerprint density at radius 2 is 1.81 bits per heavy atom. The molecule has 1 N–H and O–H groups in total. The molecule has 8 heteroatoms. The Morgan fingerprint density at radius 3 is 2.44 bits per heavy atom. The lowest BCUT2D eigenvalue weighted by Crippen LogP contribution is -2.43. The summed E-state index contributed by atoms with van der Waals surface area (Å²) in [5, 5.41) is 2.86. The van der Waals surface area contributed by atoms with Gasteiger partial charge in [-0.05, 0) is 67.6 Å². The molecule has 3 rings (SSSR count). The van der Waals surface area contributed by atoms with Crippen LogP contribution in [0.15, 0.2) is 58.3 Å². The lowest BCUT2D eigenvalue weighted by Gasteiger charge is -2.31. The van der Waals surface area contributed by atoms with E-state index in [9.17, 15) is 17.6 Å². The molecule has 2 aromatic carbocycles. The van der Waals surface area contributed by atoms with Gasteiger partial charge in [0.15, 0.2) is 0 Å². The van der Waals surface area contributed by atoms with Crippen molar-refractivity contribution in [3.8, 4) is 0 Å². The van der Waals surface area contributed by atoms with Crippen LogP contribution in [0.2, 0.25) is 0 Å². The van der Waals surface area contributed by atoms with Crippen molar-refractivity contribution in [2.75, 3.05) is 24.7 Å². The van der Waals surface area contributed by atoms with Crippen LogP contribution in [0.4, 0.5) is 10.1 Å². The Kier molecular flexibility index (Phi) is 6.18. The quantitative estimate of drug-likeness (QED) is 0.768. The third-order valence-corrected chi connectivity index (χ3v) is 7.19. The SMILES string of the molecule is CSc1ccc(NC(=O)[C@H]2CCCN(S(=O)(=O)c3ccc(F)cc3)C2)cc1. The molecule has 1 atom stereocenters. The molecule has 0 aromatic heterocycles. The number of sulfonamides is 1. The highest BCUT2D eigenvalue weighted by molar-refractivity contribution is 7.98. The van der Waals surface area contributed by atoms with Gasteiger partial charge in [0.25, 0.3) is 0 Å². The molecule has 1 aliphatic heterocycles. The number of nitrogens with one attached hydrogen (secondary N) is 1. The van der Waals surface area contributed by atoms with Crippen molar-refractivity contribution < 1.29 is 17.6 Å². The van der Waals surface area contributed by atoms with Crippen LogP contribution in [0.25, 0.3) is 0 Å². The first-order valence-electron chi connectivity index (χ1n) is 8.61. The first kappa shape index (κ1) is 19.9. The van der Waals surface area contributed by atoms with Crippen LogP contribution >= 0.6 is 11.8 Å². The average molecular weight is 409 g/mol. The summed E-state index contributed by atoms with van der Waals surface area (Å²) in [4.78, 5) is 13.7. The molecule has 1 heterocycles. The largest absolute Gasteiger partial charge is 0.326 e. The Hall–Kier alpha value is -1.90. The predicted molar refractivity (Wildman–Crippen MR) is 105 cm³/mol. The minimum Gasteiger partial charge on any atom is -0.326 e. The number of benzene rings is 2. The van der Waals surface area contributed by atoms with E-state index in [-0.39, 0.29) is 17.3 Å². The molecule has 5 nitrogen and oxygen atoms in total. The summed E-state index contributed by atoms with van der Waals surface area (Å²) in [7, 11) is -3.74. The summed E-state index contributed by atoms with van der Waals surface area (Å²) < 4.78 is 39.9. The first-order valence-corrected chi connectivity index (χ1v) is 11.3. The lowest BCUT2D eigenvalue weighted by molar-refractivity contribution is -0.120. The van der Waals surface area contributed by atoms with E-state index in [4.69, 9.17) is 0 Å². The predicted octanol–water partition coefficient (Wildman–Crippen LogP) is 3.59. The standard InChI is InChI=1S/C19H21FN2O3S2/c1-26-17-8-6-16(7-9-17)21-19(23)14-3-2-12-22(13-14)27(24,25)18-10-4-15(20)5-11-18/h4-11,14H,2-3,12-13H2,1H3,(H,21,23)/t14-/m0/s1. The zero-order valence-corrected chi connectivity index (χ0v) is 16.5. The number of thioether (sulfide) groups is 1. The molecule has 27 heavy (non-hydrogen) atoms. The summed E-state index contributed by atoms with van der Waals surface area (Å²) in [6, 6.07) is 12.3. The molecule has 1 fully saturated rings. The second-order valence-electron chi connectivity index (χ2n) is 6.37. The number of hydrogen-bond donors (Lipinski definition) is 1. The molecule has 0 spiro atoms. The number of hydrogen-bond acceptors (Lipinski definition) is 4. The molecular weight excluding hydrogens is 387 g/mol. The van der Waals surface area contributed by atoms with E-state index in [0.717, 1.165) is 17.0 Å². The van der Waals surface area contributed by atoms with Gasteiger partial charge in [-0.3, -0.25) is 4.79 Å². The van der Waals surface area contributed by atoms with Gasteiger partial charge in [-0.2, -0.15) is 4.31 Å². The molecule has 0 bridgehead atoms. The smallest absolute Gasteiger partial charge is 0.243 e. The van der Waals surface area contributed by atoms with Gasteiger partial charge in [-0.15, -0.1) is 11.8 Å². The molecule has 1 amide bonds. The maximum Gasteiger partial charge on any atom is 0.243 e. The van der Waals surface area contributed by atoms with Crippen LogP contribution < -0.4 is 5.32 Å². The summed E-state index contributed by atoms with van der Waals surface area (Å²) >= 11 is 1.62. The van der Waals surface area contributed by atoms with Gasteiger partial charge in [0.2, 0.25) is 15.9 Å². The van der Waals surface area contributed by atoms with E-state index >= 15 is 0 Å². The van der Waals surface area contributed by atoms with Crippen molar-refractivity contribution in [3.05, 3.63) is 54.3 Å². The Bertz CT molecular complexity index is 900. The van der Waals surface area contributed by atoms with Crippen LogP contribution in [0.3, 0.4) is 0 Å². The van der Waals surface area contributed by atoms with Crippen molar-refractivity contribution in [3.63, 3.8) is 0 Å². The van der Waals surface area contributed by atoms with Gasteiger partial charge in [0, 0.05) is 23.7 Å². The van der Waals surface area contributed by atoms with Crippen molar-refractivity contribution in [1.82, 2.24) is 4.31 Å². The Balaban J connectivity index is 1.69. The van der Waals surface area contributed by atoms with E-state index in [1.807, 2.05) is 30.5 Å². The fraction of sp³-hybridized carbons (Fsp3) is 0.316. The Labute approximate surface area is 163 Å². The maximum absolute atomic E-state index is 13.1. The highest BCUT2D eigenvalue weighted by Gasteiger charge is 2.33. The summed E-state index contributed by atoms with van der Waals surface area (Å²) in [5.74, 6) is -1.10. The fourth-order valence-electron chi connectivity index (χ4n) is 3.05. The second kappa shape index (κ2) is 8.41. The summed E-state index contributed by atoms with van der Waals surface area (Å²) in [6.07, 6.45) is 3.21. The minimum absolute atomic E-state index is 0.0395. The molecule has 0 aliphatic carbocycles. The minimum atomic E-state index is -3.74. The maximum atomic E-state index is 13.1. The van der Waals surface area contributed by atoms with Gasteiger partial charge < -0.3 is 5.32 Å². The Morgan fingerprint density at radius 1 is 1.15 bits per heavy atom. The van der Waals surface area contributed by atoms with Crippen molar-refractivity contribution in [1.29, 1.82) is 0 Å². The topological polar surface area (TPSA) is 66.5 Å². The third-order valence-electron chi connectivity index (χ3n) is 4.56. The number of carbonyl (C=O) groups excluding carboxylic acids is 1. The first-order chi connectivity index (χ1) is 12.9. The van der Waals surface area contributed by atoms with E-state index in [2.05, 4.69) is 5.32 Å². The molecule has 0 radical (unpaired) electrons. The highest BCUT2D eigenvalue weighted by atomic mass is 32.2. The molecule has 144 valence electrons. The third kappa shape index (κ3) is 4.69. The van der Waals surface area contributed by atoms with E-state index in [1.165, 1.54) is 16.4 Å². The van der Waals surface area contributed by atoms with Crippen molar-refractivity contribution in [2.24, 2.45) is 5.92 Å². The number of anilines is 1. The van der Waals surface area contributed by atoms with Crippen LogP contribution in [-0.4, -0.2) is 38.0 Å². The van der Waals surface area contributed by atoms with Gasteiger partial charge in [-0.1, -0.05) is 0 Å². The number of amides is 1. The highest BCUT2D eigenvalue weighted by Crippen LogP contribution is 2.25. The lowest BCUT2D eigenvalue weighted by atomic mass is 9.99. The van der Waals surface area contributed by atoms with Crippen LogP contribution in [0, 0.1) is 11.7 Å². The molecule has 2 aromatic rings. The van der Waals surface area contributed by atoms with Gasteiger partial charge >= 0.3 is 0 Å². The number of rotatable bonds is 5. The van der Waals surface area contributed by atoms with E-state index < -0.39 is 21.8 Å². The molecule has 0 saturated carbocycles. The zero-order chi connectivity index (χ0) is 19.4.